The summed E-state index contributed by atoms with van der Waals surface area (Å²) in [6, 6.07) is 53.5. The number of hydrogen-bond acceptors (Lipinski definition) is 18. The Bertz CT molecular complexity index is 3980. The number of carboxylic acids is 1. The van der Waals surface area contributed by atoms with E-state index < -0.39 is 37.8 Å². The number of thiazole rings is 2. The Morgan fingerprint density at radius 3 is 1.40 bits per heavy atom. The summed E-state index contributed by atoms with van der Waals surface area (Å²) in [5, 5.41) is 13.2. The molecule has 82 heavy (non-hydrogen) atoms. The van der Waals surface area contributed by atoms with Crippen molar-refractivity contribution >= 4 is 103 Å². The van der Waals surface area contributed by atoms with E-state index in [2.05, 4.69) is 35.4 Å². The molecule has 23 heteroatoms. The molecule has 0 aliphatic carbocycles. The minimum absolute atomic E-state index is 0. The number of amides is 2. The van der Waals surface area contributed by atoms with Crippen LogP contribution in [0.2, 0.25) is 0 Å². The minimum atomic E-state index is -4.04. The number of anilines is 2. The third kappa shape index (κ3) is 18.2. The first-order valence-electron chi connectivity index (χ1n) is 24.6. The molecule has 4 aromatic heterocycles. The maximum Gasteiger partial charge on any atom is 0.300 e. The van der Waals surface area contributed by atoms with Crippen molar-refractivity contribution in [1.82, 2.24) is 19.4 Å². The van der Waals surface area contributed by atoms with Crippen LogP contribution < -0.4 is 26.1 Å². The van der Waals surface area contributed by atoms with Gasteiger partial charge in [0.1, 0.15) is 17.2 Å². The van der Waals surface area contributed by atoms with Gasteiger partial charge in [0.05, 0.1) is 30.2 Å². The highest BCUT2D eigenvalue weighted by Gasteiger charge is 2.21. The van der Waals surface area contributed by atoms with Crippen molar-refractivity contribution in [3.63, 3.8) is 0 Å². The number of hydrazine groups is 1. The molecule has 4 heterocycles. The standard InChI is InChI=1S/C28H24N4O4S2.C21H19NO5S.C7H7N3S.C2H4O2.CH4/c1-19(30-31-28-29-23-12-5-6-13-26(23)37-28)24-15-16-25(36-24)21-10-7-11-22(18-21)38(34,35)32-27(33)17-14-20-8-3-2-4-9-20;1-15(23)19-11-12-20(27-19)17-8-5-9-18(14-17)28(25,26)22-21(24)13-10-16-6-3-2-4-7-16;8-10-7-9-5-3-1-2-4-6(5)11-7;1-2(3)4;/h2-13,15-16,18H,14,17H2,1H3,(H,29,31)(H,32,33);2-9,11-12,14H,10,13H2,1H3,(H,22,24);1-4H,8H2,(H,9,10);1H3,(H,3,4);1H4/b30-19+;;;;. The number of carbonyl (C=O) groups excluding carboxylic acids is 3. The van der Waals surface area contributed by atoms with E-state index in [4.69, 9.17) is 24.6 Å². The first-order chi connectivity index (χ1) is 38.8. The number of benzene rings is 6. The Labute approximate surface area is 482 Å². The number of ketones is 1. The fourth-order valence-corrected chi connectivity index (χ4v) is 11.1. The zero-order valence-electron chi connectivity index (χ0n) is 43.7. The van der Waals surface area contributed by atoms with E-state index in [0.717, 1.165) is 43.6 Å². The molecule has 0 atom stereocenters. The fraction of sp³-hybridized carbons (Fsp3) is 0.136. The van der Waals surface area contributed by atoms with Crippen LogP contribution in [0, 0.1) is 0 Å². The van der Waals surface area contributed by atoms with Crippen LogP contribution in [0.4, 0.5) is 10.3 Å². The van der Waals surface area contributed by atoms with Crippen LogP contribution in [-0.2, 0) is 47.3 Å². The molecule has 0 bridgehead atoms. The maximum absolute atomic E-state index is 12.8. The number of nitrogens with two attached hydrogens (primary N) is 1. The summed E-state index contributed by atoms with van der Waals surface area (Å²) in [6.07, 6.45) is 1.02. The molecule has 0 fully saturated rings. The molecule has 10 aromatic rings. The lowest BCUT2D eigenvalue weighted by Crippen LogP contribution is -2.30. The normalized spacial score (nSPS) is 11.0. The molecular formula is C59H58N8O11S4. The topological polar surface area (TPSA) is 295 Å². The zero-order chi connectivity index (χ0) is 57.9. The van der Waals surface area contributed by atoms with Gasteiger partial charge < -0.3 is 13.9 Å². The van der Waals surface area contributed by atoms with Crippen LogP contribution in [0.15, 0.2) is 206 Å². The number of para-hydroxylation sites is 2. The second-order valence-corrected chi connectivity index (χ2v) is 22.8. The van der Waals surface area contributed by atoms with Crippen molar-refractivity contribution in [3.05, 3.63) is 205 Å². The number of rotatable bonds is 17. The van der Waals surface area contributed by atoms with E-state index in [-0.39, 0.29) is 41.6 Å². The fourth-order valence-electron chi connectivity index (χ4n) is 7.37. The Balaban J connectivity index is 0.000000213. The molecule has 19 nitrogen and oxygen atoms in total. The molecule has 0 saturated heterocycles. The Morgan fingerprint density at radius 1 is 0.549 bits per heavy atom. The summed E-state index contributed by atoms with van der Waals surface area (Å²) in [6.45, 7) is 4.27. The smallest absolute Gasteiger partial charge is 0.300 e. The predicted octanol–water partition coefficient (Wildman–Crippen LogP) is 11.7. The van der Waals surface area contributed by atoms with Crippen LogP contribution in [0.5, 0.6) is 0 Å². The summed E-state index contributed by atoms with van der Waals surface area (Å²) in [7, 11) is -8.05. The first-order valence-corrected chi connectivity index (χ1v) is 29.2. The van der Waals surface area contributed by atoms with Crippen molar-refractivity contribution in [2.45, 2.75) is 63.7 Å². The maximum atomic E-state index is 12.8. The minimum Gasteiger partial charge on any atom is -0.481 e. The van der Waals surface area contributed by atoms with Gasteiger partial charge in [0.15, 0.2) is 22.4 Å². The van der Waals surface area contributed by atoms with Crippen molar-refractivity contribution in [2.75, 3.05) is 10.9 Å². The first kappa shape index (κ1) is 62.1. The summed E-state index contributed by atoms with van der Waals surface area (Å²) in [4.78, 5) is 53.4. The van der Waals surface area contributed by atoms with Crippen molar-refractivity contribution in [2.24, 2.45) is 10.9 Å². The van der Waals surface area contributed by atoms with Crippen LogP contribution >= 0.6 is 22.7 Å². The lowest BCUT2D eigenvalue weighted by Gasteiger charge is -2.08. The monoisotopic (exact) mass is 1180 g/mol. The van der Waals surface area contributed by atoms with E-state index in [1.807, 2.05) is 109 Å². The van der Waals surface area contributed by atoms with Crippen molar-refractivity contribution in [3.8, 4) is 22.6 Å². The highest BCUT2D eigenvalue weighted by atomic mass is 32.2. The number of nitrogen functional groups attached to an aromatic ring is 1. The zero-order valence-corrected chi connectivity index (χ0v) is 47.0. The highest BCUT2D eigenvalue weighted by Crippen LogP contribution is 2.29. The van der Waals surface area contributed by atoms with Gasteiger partial charge in [0.25, 0.3) is 26.0 Å². The predicted molar refractivity (Wildman–Crippen MR) is 321 cm³/mol. The number of hydrogen-bond donors (Lipinski definition) is 6. The van der Waals surface area contributed by atoms with Gasteiger partial charge >= 0.3 is 0 Å². The van der Waals surface area contributed by atoms with E-state index in [1.165, 1.54) is 48.6 Å². The van der Waals surface area contributed by atoms with E-state index in [1.54, 1.807) is 60.7 Å². The number of sulfonamides is 2. The van der Waals surface area contributed by atoms with E-state index in [9.17, 15) is 31.2 Å². The molecular weight excluding hydrogens is 1120 g/mol. The number of aryl methyl sites for hydroxylation is 2. The molecule has 424 valence electrons. The molecule has 0 aliphatic rings. The number of carboxylic acid groups (broad SMARTS) is 1. The summed E-state index contributed by atoms with van der Waals surface area (Å²) in [5.41, 5.74) is 10.9. The van der Waals surface area contributed by atoms with Gasteiger partial charge in [-0.1, -0.05) is 139 Å². The van der Waals surface area contributed by atoms with Gasteiger partial charge in [0.2, 0.25) is 16.9 Å². The van der Waals surface area contributed by atoms with Crippen LogP contribution in [-0.4, -0.2) is 61.2 Å². The second kappa shape index (κ2) is 29.4. The molecule has 0 aliphatic heterocycles. The van der Waals surface area contributed by atoms with Crippen molar-refractivity contribution < 1.29 is 50.0 Å². The molecule has 0 spiro atoms. The number of nitrogens with one attached hydrogen (secondary N) is 4. The Hall–Kier alpha value is -9.13. The number of furan rings is 2. The second-order valence-electron chi connectivity index (χ2n) is 17.4. The lowest BCUT2D eigenvalue weighted by molar-refractivity contribution is -0.134. The number of nitrogens with zero attached hydrogens (tertiary/aromatic N) is 3. The van der Waals surface area contributed by atoms with E-state index in [0.29, 0.717) is 52.1 Å². The number of aromatic nitrogens is 2. The number of Topliss-reactive ketones (excluding diaryl/α,β-unsaturated/α-hetero) is 1. The van der Waals surface area contributed by atoms with E-state index >= 15 is 0 Å². The van der Waals surface area contributed by atoms with Crippen molar-refractivity contribution in [1.29, 1.82) is 0 Å². The number of aliphatic carboxylic acids is 1. The summed E-state index contributed by atoms with van der Waals surface area (Å²) >= 11 is 3.05. The molecule has 10 rings (SSSR count). The molecule has 6 aromatic carbocycles. The highest BCUT2D eigenvalue weighted by molar-refractivity contribution is 7.90. The molecule has 0 saturated carbocycles. The number of fused-ring (bicyclic) bond motifs is 2. The van der Waals surface area contributed by atoms with Gasteiger partial charge in [-0.05, 0) is 104 Å². The van der Waals surface area contributed by atoms with Crippen LogP contribution in [0.3, 0.4) is 0 Å². The summed E-state index contributed by atoms with van der Waals surface area (Å²) in [5.74, 6) is 4.58. The third-order valence-electron chi connectivity index (χ3n) is 11.3. The quantitative estimate of drug-likeness (QED) is 0.0214. The molecule has 2 amide bonds. The third-order valence-corrected chi connectivity index (χ3v) is 15.9. The molecule has 0 radical (unpaired) electrons. The summed E-state index contributed by atoms with van der Waals surface area (Å²) < 4.78 is 68.6. The largest absolute Gasteiger partial charge is 0.481 e. The Kier molecular flexibility index (Phi) is 22.2. The van der Waals surface area contributed by atoms with Crippen LogP contribution in [0.1, 0.15) is 68.5 Å². The van der Waals surface area contributed by atoms with Gasteiger partial charge in [-0.25, -0.2) is 42.1 Å². The van der Waals surface area contributed by atoms with Gasteiger partial charge in [-0.3, -0.25) is 30.0 Å². The van der Waals surface area contributed by atoms with Gasteiger partial charge in [-0.15, -0.1) is 0 Å². The Morgan fingerprint density at radius 2 is 0.963 bits per heavy atom. The lowest BCUT2D eigenvalue weighted by atomic mass is 10.1. The molecule has 0 unspecified atom stereocenters. The van der Waals surface area contributed by atoms with Gasteiger partial charge in [-0.2, -0.15) is 5.10 Å². The van der Waals surface area contributed by atoms with Gasteiger partial charge in [0, 0.05) is 37.8 Å². The number of hydrazone groups is 1. The SMILES string of the molecule is C.C/C(=N\Nc1nc2ccccc2s1)c1ccc(-c2cccc(S(=O)(=O)NC(=O)CCc3ccccc3)c2)o1.CC(=O)O.CC(=O)c1ccc(-c2cccc(S(=O)(=O)NC(=O)CCc3ccccc3)c2)o1.NNc1nc2ccccc2s1. The van der Waals surface area contributed by atoms with Crippen LogP contribution in [0.25, 0.3) is 43.1 Å². The average molecular weight is 1180 g/mol. The average Bonchev–Trinajstić information content (AvgIpc) is 4.42. The number of carbonyl (C=O) groups is 4. The molecule has 7 N–H and O–H groups in total.